The Hall–Kier alpha value is -2.23. The molecule has 0 saturated carbocycles. The number of rotatable bonds is 6. The lowest BCUT2D eigenvalue weighted by Crippen LogP contribution is -2.17. The van der Waals surface area contributed by atoms with Crippen molar-refractivity contribution >= 4 is 29.5 Å². The lowest BCUT2D eigenvalue weighted by Gasteiger charge is -2.13. The number of furan rings is 1. The zero-order valence-corrected chi connectivity index (χ0v) is 14.8. The van der Waals surface area contributed by atoms with Gasteiger partial charge in [0.25, 0.3) is 0 Å². The number of benzene rings is 2. The molecular formula is C20H22ClNO2. The molecule has 1 aromatic heterocycles. The molecule has 3 aromatic rings. The predicted octanol–water partition coefficient (Wildman–Crippen LogP) is 5.01. The van der Waals surface area contributed by atoms with E-state index >= 15 is 0 Å². The van der Waals surface area contributed by atoms with Crippen molar-refractivity contribution in [3.63, 3.8) is 0 Å². The predicted molar refractivity (Wildman–Crippen MR) is 102 cm³/mol. The van der Waals surface area contributed by atoms with Gasteiger partial charge in [0.2, 0.25) is 0 Å². The summed E-state index contributed by atoms with van der Waals surface area (Å²) in [6.45, 7) is 1.71. The van der Waals surface area contributed by atoms with Gasteiger partial charge in [-0.25, -0.2) is 0 Å². The summed E-state index contributed by atoms with van der Waals surface area (Å²) in [5, 5.41) is 1.19. The highest BCUT2D eigenvalue weighted by Gasteiger charge is 2.07. The van der Waals surface area contributed by atoms with Crippen LogP contribution in [0.4, 0.5) is 0 Å². The van der Waals surface area contributed by atoms with Crippen LogP contribution >= 0.6 is 12.4 Å². The van der Waals surface area contributed by atoms with Gasteiger partial charge in [-0.3, -0.25) is 4.90 Å². The molecule has 4 heteroatoms. The fraction of sp³-hybridized carbons (Fsp3) is 0.200. The van der Waals surface area contributed by atoms with Crippen LogP contribution in [0.2, 0.25) is 0 Å². The monoisotopic (exact) mass is 343 g/mol. The minimum Gasteiger partial charge on any atom is -0.496 e. The second-order valence-electron chi connectivity index (χ2n) is 5.60. The molecule has 1 heterocycles. The van der Waals surface area contributed by atoms with Crippen LogP contribution in [-0.4, -0.2) is 25.6 Å². The molecule has 0 atom stereocenters. The van der Waals surface area contributed by atoms with Gasteiger partial charge in [-0.05, 0) is 19.2 Å². The van der Waals surface area contributed by atoms with E-state index in [0.29, 0.717) is 0 Å². The highest BCUT2D eigenvalue weighted by molar-refractivity contribution is 5.85. The van der Waals surface area contributed by atoms with Crippen molar-refractivity contribution in [3.05, 3.63) is 72.0 Å². The summed E-state index contributed by atoms with van der Waals surface area (Å²) in [6, 6.07) is 16.2. The average Bonchev–Trinajstić information content (AvgIpc) is 2.98. The number of fused-ring (bicyclic) bond motifs is 1. The van der Waals surface area contributed by atoms with E-state index in [1.54, 1.807) is 7.11 Å². The van der Waals surface area contributed by atoms with Gasteiger partial charge in [0.15, 0.2) is 0 Å². The van der Waals surface area contributed by atoms with Gasteiger partial charge in [0.1, 0.15) is 11.3 Å². The highest BCUT2D eigenvalue weighted by Crippen LogP contribution is 2.22. The molecule has 2 aromatic carbocycles. The average molecular weight is 344 g/mol. The van der Waals surface area contributed by atoms with Crippen LogP contribution in [0.5, 0.6) is 5.75 Å². The molecule has 24 heavy (non-hydrogen) atoms. The van der Waals surface area contributed by atoms with Crippen molar-refractivity contribution in [2.75, 3.05) is 20.7 Å². The molecule has 0 radical (unpaired) electrons. The van der Waals surface area contributed by atoms with Gasteiger partial charge in [-0.15, -0.1) is 12.4 Å². The molecule has 0 spiro atoms. The summed E-state index contributed by atoms with van der Waals surface area (Å²) in [6.07, 6.45) is 6.11. The van der Waals surface area contributed by atoms with E-state index in [1.807, 2.05) is 42.7 Å². The summed E-state index contributed by atoms with van der Waals surface area (Å²) in [4.78, 5) is 2.25. The lowest BCUT2D eigenvalue weighted by atomic mass is 10.1. The quantitative estimate of drug-likeness (QED) is 0.629. The Labute approximate surface area is 148 Å². The molecule has 3 nitrogen and oxygen atoms in total. The first-order chi connectivity index (χ1) is 11.3. The van der Waals surface area contributed by atoms with E-state index in [9.17, 15) is 0 Å². The number of hydrogen-bond acceptors (Lipinski definition) is 3. The Bertz CT molecular complexity index is 810. The third-order valence-corrected chi connectivity index (χ3v) is 3.85. The van der Waals surface area contributed by atoms with E-state index in [0.717, 1.165) is 30.0 Å². The Balaban J connectivity index is 0.00000208. The molecule has 0 aliphatic rings. The molecule has 0 unspecified atom stereocenters. The number of ether oxygens (including phenoxy) is 1. The van der Waals surface area contributed by atoms with E-state index < -0.39 is 0 Å². The first-order valence-electron chi connectivity index (χ1n) is 7.71. The molecular weight excluding hydrogens is 322 g/mol. The van der Waals surface area contributed by atoms with Gasteiger partial charge in [-0.1, -0.05) is 48.6 Å². The smallest absolute Gasteiger partial charge is 0.134 e. The number of nitrogens with zero attached hydrogens (tertiary/aromatic N) is 1. The largest absolute Gasteiger partial charge is 0.496 e. The van der Waals surface area contributed by atoms with Crippen molar-refractivity contribution in [1.29, 1.82) is 0 Å². The van der Waals surface area contributed by atoms with Crippen molar-refractivity contribution in [2.45, 2.75) is 6.54 Å². The van der Waals surface area contributed by atoms with Crippen LogP contribution in [0.1, 0.15) is 11.1 Å². The third-order valence-electron chi connectivity index (χ3n) is 3.85. The number of para-hydroxylation sites is 2. The number of halogens is 1. The molecule has 0 amide bonds. The minimum absolute atomic E-state index is 0. The Kier molecular flexibility index (Phi) is 6.47. The fourth-order valence-corrected chi connectivity index (χ4v) is 2.67. The first kappa shape index (κ1) is 18.1. The maximum atomic E-state index is 5.59. The first-order valence-corrected chi connectivity index (χ1v) is 7.71. The van der Waals surface area contributed by atoms with Gasteiger partial charge in [-0.2, -0.15) is 0 Å². The van der Waals surface area contributed by atoms with Crippen LogP contribution in [0.25, 0.3) is 17.0 Å². The van der Waals surface area contributed by atoms with Crippen molar-refractivity contribution in [1.82, 2.24) is 4.90 Å². The molecule has 0 fully saturated rings. The van der Waals surface area contributed by atoms with E-state index in [-0.39, 0.29) is 12.4 Å². The SMILES string of the molecule is COc1ccccc1/C=C/CN(C)Cc1coc2ccccc12.Cl. The maximum Gasteiger partial charge on any atom is 0.134 e. The second-order valence-corrected chi connectivity index (χ2v) is 5.60. The molecule has 0 saturated heterocycles. The summed E-state index contributed by atoms with van der Waals surface area (Å²) in [5.74, 6) is 0.896. The third kappa shape index (κ3) is 4.19. The lowest BCUT2D eigenvalue weighted by molar-refractivity contribution is 0.363. The van der Waals surface area contributed by atoms with Crippen molar-refractivity contribution in [2.24, 2.45) is 0 Å². The molecule has 0 bridgehead atoms. The summed E-state index contributed by atoms with van der Waals surface area (Å²) in [5.41, 5.74) is 3.26. The van der Waals surface area contributed by atoms with Crippen molar-refractivity contribution in [3.8, 4) is 5.75 Å². The van der Waals surface area contributed by atoms with Crippen LogP contribution in [0.3, 0.4) is 0 Å². The minimum atomic E-state index is 0. The zero-order chi connectivity index (χ0) is 16.1. The summed E-state index contributed by atoms with van der Waals surface area (Å²) >= 11 is 0. The van der Waals surface area contributed by atoms with Crippen molar-refractivity contribution < 1.29 is 9.15 Å². The van der Waals surface area contributed by atoms with Gasteiger partial charge in [0, 0.05) is 29.6 Å². The molecule has 0 N–H and O–H groups in total. The van der Waals surface area contributed by atoms with Gasteiger partial charge >= 0.3 is 0 Å². The van der Waals surface area contributed by atoms with Crippen LogP contribution in [-0.2, 0) is 6.54 Å². The number of likely N-dealkylation sites (N-methyl/N-ethyl adjacent to an activating group) is 1. The van der Waals surface area contributed by atoms with Crippen LogP contribution < -0.4 is 4.74 Å². The van der Waals surface area contributed by atoms with Gasteiger partial charge in [0.05, 0.1) is 13.4 Å². The van der Waals surface area contributed by atoms with E-state index in [2.05, 4.69) is 36.2 Å². The van der Waals surface area contributed by atoms with Crippen LogP contribution in [0.15, 0.2) is 65.3 Å². The molecule has 0 aliphatic carbocycles. The second kappa shape index (κ2) is 8.57. The summed E-state index contributed by atoms with van der Waals surface area (Å²) in [7, 11) is 3.80. The van der Waals surface area contributed by atoms with E-state index in [4.69, 9.17) is 9.15 Å². The summed E-state index contributed by atoms with van der Waals surface area (Å²) < 4.78 is 11.0. The van der Waals surface area contributed by atoms with E-state index in [1.165, 1.54) is 10.9 Å². The standard InChI is InChI=1S/C20H21NO2.ClH/c1-21(13-7-9-16-8-3-5-11-19(16)22-2)14-17-15-23-20-12-6-4-10-18(17)20;/h3-12,15H,13-14H2,1-2H3;1H/b9-7+;. The number of methoxy groups -OCH3 is 1. The topological polar surface area (TPSA) is 25.6 Å². The Morgan fingerprint density at radius 1 is 1.08 bits per heavy atom. The molecule has 3 rings (SSSR count). The fourth-order valence-electron chi connectivity index (χ4n) is 2.67. The molecule has 126 valence electrons. The highest BCUT2D eigenvalue weighted by atomic mass is 35.5. The van der Waals surface area contributed by atoms with Gasteiger partial charge < -0.3 is 9.15 Å². The number of hydrogen-bond donors (Lipinski definition) is 0. The Morgan fingerprint density at radius 2 is 1.83 bits per heavy atom. The van der Waals surface area contributed by atoms with Crippen LogP contribution in [0, 0.1) is 0 Å². The molecule has 0 aliphatic heterocycles. The maximum absolute atomic E-state index is 5.59. The Morgan fingerprint density at radius 3 is 2.67 bits per heavy atom. The normalized spacial score (nSPS) is 11.1. The zero-order valence-electron chi connectivity index (χ0n) is 13.9.